The fourth-order valence-electron chi connectivity index (χ4n) is 2.33. The Balaban J connectivity index is 1.76. The minimum atomic E-state index is 0.458. The second kappa shape index (κ2) is 5.97. The highest BCUT2D eigenvalue weighted by Gasteiger charge is 2.19. The SMILES string of the molecule is COc1ccc([C@@H]2CCN2)cc1OCc1ccccc1. The Morgan fingerprint density at radius 1 is 1.10 bits per heavy atom. The van der Waals surface area contributed by atoms with Crippen LogP contribution in [0.4, 0.5) is 0 Å². The molecule has 3 heteroatoms. The molecule has 0 radical (unpaired) electrons. The van der Waals surface area contributed by atoms with Gasteiger partial charge in [-0.3, -0.25) is 0 Å². The van der Waals surface area contributed by atoms with Crippen LogP contribution in [-0.4, -0.2) is 13.7 Å². The molecule has 1 aliphatic rings. The van der Waals surface area contributed by atoms with Crippen LogP contribution in [-0.2, 0) is 6.61 Å². The molecule has 0 aliphatic carbocycles. The van der Waals surface area contributed by atoms with Gasteiger partial charge in [0.2, 0.25) is 0 Å². The minimum Gasteiger partial charge on any atom is -0.493 e. The molecular formula is C17H19NO2. The monoisotopic (exact) mass is 269 g/mol. The van der Waals surface area contributed by atoms with Crippen molar-refractivity contribution in [2.24, 2.45) is 0 Å². The Morgan fingerprint density at radius 3 is 2.55 bits per heavy atom. The summed E-state index contributed by atoms with van der Waals surface area (Å²) in [5.41, 5.74) is 2.42. The second-order valence-corrected chi connectivity index (χ2v) is 4.98. The highest BCUT2D eigenvalue weighted by molar-refractivity contribution is 5.44. The maximum atomic E-state index is 5.92. The van der Waals surface area contributed by atoms with Crippen molar-refractivity contribution in [2.75, 3.05) is 13.7 Å². The third kappa shape index (κ3) is 2.78. The largest absolute Gasteiger partial charge is 0.493 e. The average molecular weight is 269 g/mol. The topological polar surface area (TPSA) is 30.5 Å². The van der Waals surface area contributed by atoms with Gasteiger partial charge in [-0.2, -0.15) is 0 Å². The van der Waals surface area contributed by atoms with E-state index in [9.17, 15) is 0 Å². The van der Waals surface area contributed by atoms with Gasteiger partial charge in [0, 0.05) is 6.04 Å². The highest BCUT2D eigenvalue weighted by Crippen LogP contribution is 2.33. The van der Waals surface area contributed by atoms with Gasteiger partial charge in [-0.15, -0.1) is 0 Å². The van der Waals surface area contributed by atoms with E-state index in [0.29, 0.717) is 12.6 Å². The lowest BCUT2D eigenvalue weighted by Gasteiger charge is -2.28. The van der Waals surface area contributed by atoms with Gasteiger partial charge in [0.05, 0.1) is 7.11 Å². The summed E-state index contributed by atoms with van der Waals surface area (Å²) in [4.78, 5) is 0. The fourth-order valence-corrected chi connectivity index (χ4v) is 2.33. The van der Waals surface area contributed by atoms with Crippen LogP contribution in [0.25, 0.3) is 0 Å². The van der Waals surface area contributed by atoms with Crippen LogP contribution in [0.1, 0.15) is 23.6 Å². The van der Waals surface area contributed by atoms with Crippen molar-refractivity contribution >= 4 is 0 Å². The molecule has 104 valence electrons. The van der Waals surface area contributed by atoms with Crippen LogP contribution in [0.15, 0.2) is 48.5 Å². The summed E-state index contributed by atoms with van der Waals surface area (Å²) in [7, 11) is 1.67. The molecule has 1 aliphatic heterocycles. The summed E-state index contributed by atoms with van der Waals surface area (Å²) < 4.78 is 11.3. The summed E-state index contributed by atoms with van der Waals surface area (Å²) in [6.45, 7) is 1.65. The molecule has 1 fully saturated rings. The van der Waals surface area contributed by atoms with Gasteiger partial charge >= 0.3 is 0 Å². The van der Waals surface area contributed by atoms with Crippen LogP contribution in [0.3, 0.4) is 0 Å². The number of methoxy groups -OCH3 is 1. The third-order valence-corrected chi connectivity index (χ3v) is 3.65. The van der Waals surface area contributed by atoms with Gasteiger partial charge in [0.25, 0.3) is 0 Å². The van der Waals surface area contributed by atoms with E-state index in [1.807, 2.05) is 24.3 Å². The zero-order valence-electron chi connectivity index (χ0n) is 11.6. The number of benzene rings is 2. The predicted molar refractivity (Wildman–Crippen MR) is 79.1 cm³/mol. The number of ether oxygens (including phenoxy) is 2. The number of hydrogen-bond donors (Lipinski definition) is 1. The summed E-state index contributed by atoms with van der Waals surface area (Å²) >= 11 is 0. The molecule has 20 heavy (non-hydrogen) atoms. The first-order valence-corrected chi connectivity index (χ1v) is 6.95. The lowest BCUT2D eigenvalue weighted by atomic mass is 9.98. The molecule has 1 heterocycles. The smallest absolute Gasteiger partial charge is 0.161 e. The molecule has 0 aromatic heterocycles. The van der Waals surface area contributed by atoms with Crippen molar-refractivity contribution in [2.45, 2.75) is 19.1 Å². The first-order valence-electron chi connectivity index (χ1n) is 6.95. The second-order valence-electron chi connectivity index (χ2n) is 4.98. The van der Waals surface area contributed by atoms with E-state index in [2.05, 4.69) is 29.6 Å². The van der Waals surface area contributed by atoms with Gasteiger partial charge in [0.1, 0.15) is 6.61 Å². The standard InChI is InChI=1S/C17H19NO2/c1-19-16-8-7-14(15-9-10-18-15)11-17(16)20-12-13-5-3-2-4-6-13/h2-8,11,15,18H,9-10,12H2,1H3/t15-/m0/s1. The maximum Gasteiger partial charge on any atom is 0.161 e. The molecule has 1 atom stereocenters. The van der Waals surface area contributed by atoms with Crippen LogP contribution < -0.4 is 14.8 Å². The van der Waals surface area contributed by atoms with E-state index >= 15 is 0 Å². The number of rotatable bonds is 5. The molecule has 3 rings (SSSR count). The van der Waals surface area contributed by atoms with Crippen molar-refractivity contribution in [3.05, 3.63) is 59.7 Å². The molecule has 0 bridgehead atoms. The van der Waals surface area contributed by atoms with E-state index in [-0.39, 0.29) is 0 Å². The molecule has 2 aromatic rings. The zero-order chi connectivity index (χ0) is 13.8. The minimum absolute atomic E-state index is 0.458. The van der Waals surface area contributed by atoms with Crippen LogP contribution in [0, 0.1) is 0 Å². The summed E-state index contributed by atoms with van der Waals surface area (Å²) in [6, 6.07) is 16.8. The molecular weight excluding hydrogens is 250 g/mol. The van der Waals surface area contributed by atoms with Crippen molar-refractivity contribution in [3.63, 3.8) is 0 Å². The van der Waals surface area contributed by atoms with E-state index < -0.39 is 0 Å². The van der Waals surface area contributed by atoms with Gasteiger partial charge in [-0.1, -0.05) is 36.4 Å². The van der Waals surface area contributed by atoms with Gasteiger partial charge in [-0.05, 0) is 36.2 Å². The van der Waals surface area contributed by atoms with E-state index in [1.54, 1.807) is 7.11 Å². The maximum absolute atomic E-state index is 5.92. The molecule has 0 unspecified atom stereocenters. The van der Waals surface area contributed by atoms with Gasteiger partial charge < -0.3 is 14.8 Å². The third-order valence-electron chi connectivity index (χ3n) is 3.65. The summed E-state index contributed by atoms with van der Waals surface area (Å²) in [5.74, 6) is 1.59. The highest BCUT2D eigenvalue weighted by atomic mass is 16.5. The first-order chi connectivity index (χ1) is 9.86. The molecule has 0 saturated carbocycles. The number of nitrogens with one attached hydrogen (secondary N) is 1. The van der Waals surface area contributed by atoms with E-state index in [1.165, 1.54) is 12.0 Å². The van der Waals surface area contributed by atoms with Crippen molar-refractivity contribution in [1.82, 2.24) is 5.32 Å². The van der Waals surface area contributed by atoms with E-state index in [4.69, 9.17) is 9.47 Å². The Bertz CT molecular complexity index is 564. The zero-order valence-corrected chi connectivity index (χ0v) is 11.6. The summed E-state index contributed by atoms with van der Waals surface area (Å²) in [6.07, 6.45) is 1.18. The van der Waals surface area contributed by atoms with Crippen molar-refractivity contribution in [3.8, 4) is 11.5 Å². The Hall–Kier alpha value is -2.00. The quantitative estimate of drug-likeness (QED) is 0.903. The lowest BCUT2D eigenvalue weighted by Crippen LogP contribution is -2.34. The Kier molecular flexibility index (Phi) is 3.88. The normalized spacial score (nSPS) is 17.4. The fraction of sp³-hybridized carbons (Fsp3) is 0.294. The van der Waals surface area contributed by atoms with Gasteiger partial charge in [-0.25, -0.2) is 0 Å². The molecule has 2 aromatic carbocycles. The Labute approximate surface area is 119 Å². The van der Waals surface area contributed by atoms with Crippen LogP contribution in [0.2, 0.25) is 0 Å². The molecule has 0 amide bonds. The lowest BCUT2D eigenvalue weighted by molar-refractivity contribution is 0.283. The van der Waals surface area contributed by atoms with E-state index in [0.717, 1.165) is 23.6 Å². The van der Waals surface area contributed by atoms with Gasteiger partial charge in [0.15, 0.2) is 11.5 Å². The van der Waals surface area contributed by atoms with Crippen LogP contribution >= 0.6 is 0 Å². The van der Waals surface area contributed by atoms with Crippen LogP contribution in [0.5, 0.6) is 11.5 Å². The van der Waals surface area contributed by atoms with Crippen molar-refractivity contribution < 1.29 is 9.47 Å². The predicted octanol–water partition coefficient (Wildman–Crippen LogP) is 3.31. The first kappa shape index (κ1) is 13.0. The molecule has 0 spiro atoms. The molecule has 1 saturated heterocycles. The molecule has 3 nitrogen and oxygen atoms in total. The molecule has 1 N–H and O–H groups in total. The average Bonchev–Trinajstić information content (AvgIpc) is 2.45. The van der Waals surface area contributed by atoms with Crippen molar-refractivity contribution in [1.29, 1.82) is 0 Å². The number of hydrogen-bond acceptors (Lipinski definition) is 3. The Morgan fingerprint density at radius 2 is 1.90 bits per heavy atom. The summed E-state index contributed by atoms with van der Waals surface area (Å²) in [5, 5.41) is 3.40.